The van der Waals surface area contributed by atoms with Crippen molar-refractivity contribution in [3.8, 4) is 0 Å². The third kappa shape index (κ3) is 5.75. The number of sulfonamides is 2. The highest BCUT2D eigenvalue weighted by Crippen LogP contribution is 2.21. The van der Waals surface area contributed by atoms with Crippen molar-refractivity contribution >= 4 is 20.0 Å². The molecule has 0 aliphatic carbocycles. The van der Waals surface area contributed by atoms with Gasteiger partial charge >= 0.3 is 0 Å². The molecule has 9 heteroatoms. The lowest BCUT2D eigenvalue weighted by Crippen LogP contribution is -2.32. The maximum Gasteiger partial charge on any atom is 0.243 e. The van der Waals surface area contributed by atoms with Gasteiger partial charge in [-0.2, -0.15) is 4.31 Å². The van der Waals surface area contributed by atoms with Gasteiger partial charge in [0.1, 0.15) is 0 Å². The first-order valence-electron chi connectivity index (χ1n) is 9.05. The van der Waals surface area contributed by atoms with Crippen molar-refractivity contribution in [3.05, 3.63) is 24.3 Å². The Balaban J connectivity index is 2.04. The Labute approximate surface area is 156 Å². The number of nitrogens with one attached hydrogen (secondary N) is 1. The highest BCUT2D eigenvalue weighted by Gasteiger charge is 2.25. The summed E-state index contributed by atoms with van der Waals surface area (Å²) >= 11 is 0. The second-order valence-corrected chi connectivity index (χ2v) is 9.94. The molecule has 0 bridgehead atoms. The van der Waals surface area contributed by atoms with Gasteiger partial charge in [-0.1, -0.05) is 12.8 Å². The zero-order valence-corrected chi connectivity index (χ0v) is 16.8. The van der Waals surface area contributed by atoms with Crippen LogP contribution in [-0.2, 0) is 24.8 Å². The predicted octanol–water partition coefficient (Wildman–Crippen LogP) is 1.96. The van der Waals surface area contributed by atoms with Crippen molar-refractivity contribution < 1.29 is 21.6 Å². The molecule has 1 aromatic rings. The van der Waals surface area contributed by atoms with Gasteiger partial charge in [0.15, 0.2) is 0 Å². The molecule has 1 fully saturated rings. The van der Waals surface area contributed by atoms with E-state index < -0.39 is 20.0 Å². The lowest BCUT2D eigenvalue weighted by Gasteiger charge is -2.20. The third-order valence-electron chi connectivity index (χ3n) is 4.30. The molecule has 7 nitrogen and oxygen atoms in total. The molecule has 1 saturated heterocycles. The summed E-state index contributed by atoms with van der Waals surface area (Å²) in [7, 11) is -7.23. The van der Waals surface area contributed by atoms with Gasteiger partial charge in [-0.05, 0) is 50.5 Å². The van der Waals surface area contributed by atoms with Crippen molar-refractivity contribution in [3.63, 3.8) is 0 Å². The van der Waals surface area contributed by atoms with Gasteiger partial charge in [-0.25, -0.2) is 21.6 Å². The van der Waals surface area contributed by atoms with Gasteiger partial charge in [0, 0.05) is 32.8 Å². The number of benzene rings is 1. The first kappa shape index (κ1) is 21.3. The zero-order chi connectivity index (χ0) is 19.0. The fourth-order valence-electron chi connectivity index (χ4n) is 2.83. The summed E-state index contributed by atoms with van der Waals surface area (Å²) in [5.41, 5.74) is 0. The fraction of sp³-hybridized carbons (Fsp3) is 0.647. The van der Waals surface area contributed by atoms with Crippen molar-refractivity contribution in [1.82, 2.24) is 9.03 Å². The Morgan fingerprint density at radius 2 is 1.54 bits per heavy atom. The van der Waals surface area contributed by atoms with Crippen LogP contribution in [0.5, 0.6) is 0 Å². The van der Waals surface area contributed by atoms with Gasteiger partial charge in [0.25, 0.3) is 0 Å². The first-order chi connectivity index (χ1) is 12.4. The normalized spacial score (nSPS) is 17.1. The smallest absolute Gasteiger partial charge is 0.243 e. The van der Waals surface area contributed by atoms with Crippen molar-refractivity contribution in [2.75, 3.05) is 32.8 Å². The summed E-state index contributed by atoms with van der Waals surface area (Å²) in [5.74, 6) is 0. The highest BCUT2D eigenvalue weighted by atomic mass is 32.2. The Bertz CT molecular complexity index is 753. The summed E-state index contributed by atoms with van der Waals surface area (Å²) in [6.07, 6.45) is 4.37. The second-order valence-electron chi connectivity index (χ2n) is 6.24. The largest absolute Gasteiger partial charge is 0.382 e. The Morgan fingerprint density at radius 1 is 0.962 bits per heavy atom. The summed E-state index contributed by atoms with van der Waals surface area (Å²) in [5, 5.41) is 0. The van der Waals surface area contributed by atoms with E-state index in [-0.39, 0.29) is 16.3 Å². The number of nitrogens with zero attached hydrogens (tertiary/aromatic N) is 1. The minimum atomic E-state index is -3.65. The molecule has 0 saturated carbocycles. The van der Waals surface area contributed by atoms with Gasteiger partial charge in [0.2, 0.25) is 20.0 Å². The fourth-order valence-corrected chi connectivity index (χ4v) is 5.42. The predicted molar refractivity (Wildman–Crippen MR) is 100.0 cm³/mol. The molecule has 0 amide bonds. The van der Waals surface area contributed by atoms with Crippen LogP contribution in [0.3, 0.4) is 0 Å². The highest BCUT2D eigenvalue weighted by molar-refractivity contribution is 7.89. The molecule has 26 heavy (non-hydrogen) atoms. The molecule has 1 aromatic carbocycles. The van der Waals surface area contributed by atoms with Crippen LogP contribution in [0.1, 0.15) is 39.0 Å². The molecule has 1 heterocycles. The number of hydrogen-bond acceptors (Lipinski definition) is 5. The average Bonchev–Trinajstić information content (AvgIpc) is 2.91. The second kappa shape index (κ2) is 9.80. The van der Waals surface area contributed by atoms with E-state index in [1.807, 2.05) is 6.92 Å². The number of rotatable bonds is 9. The summed E-state index contributed by atoms with van der Waals surface area (Å²) in [6, 6.07) is 5.43. The van der Waals surface area contributed by atoms with E-state index in [0.717, 1.165) is 25.7 Å². The minimum absolute atomic E-state index is 0.0590. The average molecular weight is 405 g/mol. The maximum absolute atomic E-state index is 12.7. The van der Waals surface area contributed by atoms with Gasteiger partial charge in [-0.15, -0.1) is 0 Å². The van der Waals surface area contributed by atoms with Crippen LogP contribution in [-0.4, -0.2) is 54.0 Å². The SMILES string of the molecule is CCOCCCNS(=O)(=O)c1ccc(S(=O)(=O)N2CCCCCC2)cc1. The lowest BCUT2D eigenvalue weighted by molar-refractivity contribution is 0.146. The molecule has 0 radical (unpaired) electrons. The van der Waals surface area contributed by atoms with E-state index in [1.165, 1.54) is 28.6 Å². The maximum atomic E-state index is 12.7. The number of hydrogen-bond donors (Lipinski definition) is 1. The van der Waals surface area contributed by atoms with E-state index in [4.69, 9.17) is 4.74 Å². The zero-order valence-electron chi connectivity index (χ0n) is 15.2. The van der Waals surface area contributed by atoms with Crippen LogP contribution in [0, 0.1) is 0 Å². The molecule has 0 atom stereocenters. The molecule has 1 N–H and O–H groups in total. The lowest BCUT2D eigenvalue weighted by atomic mass is 10.2. The molecule has 1 aliphatic heterocycles. The Hall–Kier alpha value is -1.00. The van der Waals surface area contributed by atoms with E-state index in [9.17, 15) is 16.8 Å². The molecular weight excluding hydrogens is 376 g/mol. The molecule has 0 aromatic heterocycles. The quantitative estimate of drug-likeness (QED) is 0.635. The summed E-state index contributed by atoms with van der Waals surface area (Å²) in [6.45, 7) is 4.28. The Kier molecular flexibility index (Phi) is 8.03. The van der Waals surface area contributed by atoms with E-state index in [0.29, 0.717) is 32.7 Å². The van der Waals surface area contributed by atoms with Gasteiger partial charge in [-0.3, -0.25) is 0 Å². The van der Waals surface area contributed by atoms with E-state index in [1.54, 1.807) is 0 Å². The van der Waals surface area contributed by atoms with Crippen LogP contribution >= 0.6 is 0 Å². The third-order valence-corrected chi connectivity index (χ3v) is 7.69. The van der Waals surface area contributed by atoms with E-state index in [2.05, 4.69) is 4.72 Å². The van der Waals surface area contributed by atoms with E-state index >= 15 is 0 Å². The molecule has 0 spiro atoms. The molecule has 148 valence electrons. The van der Waals surface area contributed by atoms with Crippen LogP contribution in [0.2, 0.25) is 0 Å². The van der Waals surface area contributed by atoms with Gasteiger partial charge in [0.05, 0.1) is 9.79 Å². The molecular formula is C17H28N2O5S2. The van der Waals surface area contributed by atoms with Crippen LogP contribution in [0.15, 0.2) is 34.1 Å². The molecule has 2 rings (SSSR count). The molecule has 1 aliphatic rings. The minimum Gasteiger partial charge on any atom is -0.382 e. The van der Waals surface area contributed by atoms with Crippen molar-refractivity contribution in [1.29, 1.82) is 0 Å². The van der Waals surface area contributed by atoms with Crippen molar-refractivity contribution in [2.45, 2.75) is 48.8 Å². The van der Waals surface area contributed by atoms with Crippen LogP contribution in [0.4, 0.5) is 0 Å². The first-order valence-corrected chi connectivity index (χ1v) is 12.0. The summed E-state index contributed by atoms with van der Waals surface area (Å²) < 4.78 is 59.1. The summed E-state index contributed by atoms with van der Waals surface area (Å²) in [4.78, 5) is 0.193. The van der Waals surface area contributed by atoms with Gasteiger partial charge < -0.3 is 4.74 Å². The van der Waals surface area contributed by atoms with Crippen molar-refractivity contribution in [2.24, 2.45) is 0 Å². The van der Waals surface area contributed by atoms with Crippen LogP contribution < -0.4 is 4.72 Å². The topological polar surface area (TPSA) is 92.8 Å². The Morgan fingerprint density at radius 3 is 2.12 bits per heavy atom. The monoisotopic (exact) mass is 404 g/mol. The number of ether oxygens (including phenoxy) is 1. The standard InChI is InChI=1S/C17H28N2O5S2/c1-2-24-15-7-12-18-25(20,21)16-8-10-17(11-9-16)26(22,23)19-13-5-3-4-6-14-19/h8-11,18H,2-7,12-15H2,1H3. The molecule has 0 unspecified atom stereocenters. The van der Waals surface area contributed by atoms with Crippen LogP contribution in [0.25, 0.3) is 0 Å².